The molecule has 2 atom stereocenters. The van der Waals surface area contributed by atoms with Crippen molar-refractivity contribution in [2.24, 2.45) is 0 Å². The zero-order chi connectivity index (χ0) is 16.2. The lowest BCUT2D eigenvalue weighted by Crippen LogP contribution is -2.32. The Morgan fingerprint density at radius 1 is 1.35 bits per heavy atom. The molecule has 1 amide bonds. The number of hydrogen-bond acceptors (Lipinski definition) is 5. The molecule has 23 heavy (non-hydrogen) atoms. The third kappa shape index (κ3) is 3.89. The van der Waals surface area contributed by atoms with E-state index in [4.69, 9.17) is 4.74 Å². The van der Waals surface area contributed by atoms with Crippen molar-refractivity contribution < 1.29 is 14.6 Å². The van der Waals surface area contributed by atoms with Crippen LogP contribution in [-0.4, -0.2) is 46.2 Å². The summed E-state index contributed by atoms with van der Waals surface area (Å²) in [7, 11) is 0. The molecule has 2 aromatic heterocycles. The molecule has 0 saturated carbocycles. The van der Waals surface area contributed by atoms with Crippen LogP contribution in [-0.2, 0) is 0 Å². The minimum atomic E-state index is -0.585. The van der Waals surface area contributed by atoms with Crippen molar-refractivity contribution in [2.45, 2.75) is 32.0 Å². The summed E-state index contributed by atoms with van der Waals surface area (Å²) in [6.07, 6.45) is 3.53. The van der Waals surface area contributed by atoms with Gasteiger partial charge in [0.25, 0.3) is 5.91 Å². The second kappa shape index (κ2) is 7.10. The highest BCUT2D eigenvalue weighted by atomic mass is 32.1. The van der Waals surface area contributed by atoms with Crippen LogP contribution in [0.2, 0.25) is 0 Å². The molecule has 0 aliphatic carbocycles. The van der Waals surface area contributed by atoms with Gasteiger partial charge in [-0.1, -0.05) is 0 Å². The van der Waals surface area contributed by atoms with Crippen LogP contribution in [0.4, 0.5) is 0 Å². The van der Waals surface area contributed by atoms with Crippen LogP contribution in [0, 0.1) is 6.92 Å². The molecule has 1 aliphatic heterocycles. The molecule has 1 fully saturated rings. The highest BCUT2D eigenvalue weighted by Crippen LogP contribution is 2.22. The van der Waals surface area contributed by atoms with Gasteiger partial charge in [0.05, 0.1) is 17.2 Å². The molecule has 1 saturated heterocycles. The van der Waals surface area contributed by atoms with Gasteiger partial charge in [0.15, 0.2) is 0 Å². The molecule has 122 valence electrons. The monoisotopic (exact) mass is 332 g/mol. The van der Waals surface area contributed by atoms with E-state index in [-0.39, 0.29) is 12.0 Å². The van der Waals surface area contributed by atoms with Crippen molar-refractivity contribution in [1.82, 2.24) is 9.88 Å². The smallest absolute Gasteiger partial charge is 0.263 e. The Balaban J connectivity index is 1.64. The van der Waals surface area contributed by atoms with Gasteiger partial charge in [-0.2, -0.15) is 0 Å². The first-order valence-corrected chi connectivity index (χ1v) is 8.55. The van der Waals surface area contributed by atoms with Crippen molar-refractivity contribution in [1.29, 1.82) is 0 Å². The first-order chi connectivity index (χ1) is 11.1. The van der Waals surface area contributed by atoms with E-state index in [0.29, 0.717) is 31.7 Å². The molecule has 1 aliphatic rings. The number of pyridine rings is 1. The van der Waals surface area contributed by atoms with Crippen LogP contribution in [0.3, 0.4) is 0 Å². The molecule has 1 N–H and O–H groups in total. The molecule has 3 heterocycles. The maximum Gasteiger partial charge on any atom is 0.263 e. The van der Waals surface area contributed by atoms with Crippen LogP contribution < -0.4 is 4.74 Å². The van der Waals surface area contributed by atoms with Crippen molar-refractivity contribution in [3.8, 4) is 5.75 Å². The number of ether oxygens (including phenoxy) is 1. The Morgan fingerprint density at radius 2 is 2.17 bits per heavy atom. The van der Waals surface area contributed by atoms with E-state index < -0.39 is 6.10 Å². The van der Waals surface area contributed by atoms with Gasteiger partial charge in [-0.05, 0) is 37.6 Å². The number of nitrogens with zero attached hydrogens (tertiary/aromatic N) is 2. The summed E-state index contributed by atoms with van der Waals surface area (Å²) in [6.45, 7) is 3.12. The largest absolute Gasteiger partial charge is 0.486 e. The lowest BCUT2D eigenvalue weighted by Gasteiger charge is -2.21. The summed E-state index contributed by atoms with van der Waals surface area (Å²) in [5.74, 6) is 0.683. The van der Waals surface area contributed by atoms with Gasteiger partial charge in [0, 0.05) is 30.6 Å². The number of amides is 1. The van der Waals surface area contributed by atoms with Gasteiger partial charge < -0.3 is 14.7 Å². The van der Waals surface area contributed by atoms with Gasteiger partial charge in [0.1, 0.15) is 11.9 Å². The van der Waals surface area contributed by atoms with Crippen molar-refractivity contribution >= 4 is 17.2 Å². The minimum Gasteiger partial charge on any atom is -0.486 e. The number of carbonyl (C=O) groups is 1. The predicted molar refractivity (Wildman–Crippen MR) is 88.9 cm³/mol. The van der Waals surface area contributed by atoms with Crippen LogP contribution in [0.1, 0.15) is 27.4 Å². The SMILES string of the molecule is Cc1ccc(C(=O)N2CC[C@H](Oc3cccnc3)[C@@H](O)CC2)s1. The number of aryl methyl sites for hydroxylation is 1. The number of aromatic nitrogens is 1. The molecule has 5 nitrogen and oxygen atoms in total. The molecule has 0 radical (unpaired) electrons. The van der Waals surface area contributed by atoms with Crippen LogP contribution in [0.5, 0.6) is 5.75 Å². The van der Waals surface area contributed by atoms with Gasteiger partial charge in [0.2, 0.25) is 0 Å². The molecule has 0 bridgehead atoms. The zero-order valence-corrected chi connectivity index (χ0v) is 13.8. The fourth-order valence-corrected chi connectivity index (χ4v) is 3.53. The van der Waals surface area contributed by atoms with E-state index >= 15 is 0 Å². The number of aliphatic hydroxyl groups excluding tert-OH is 1. The summed E-state index contributed by atoms with van der Waals surface area (Å²) in [5.41, 5.74) is 0. The topological polar surface area (TPSA) is 62.7 Å². The lowest BCUT2D eigenvalue weighted by atomic mass is 10.1. The highest BCUT2D eigenvalue weighted by molar-refractivity contribution is 7.13. The summed E-state index contributed by atoms with van der Waals surface area (Å²) < 4.78 is 5.84. The van der Waals surface area contributed by atoms with Crippen molar-refractivity contribution in [2.75, 3.05) is 13.1 Å². The van der Waals surface area contributed by atoms with E-state index in [1.807, 2.05) is 25.1 Å². The molecule has 0 unspecified atom stereocenters. The summed E-state index contributed by atoms with van der Waals surface area (Å²) in [4.78, 5) is 20.2. The molecule has 3 rings (SSSR count). The number of thiophene rings is 1. The van der Waals surface area contributed by atoms with E-state index in [0.717, 1.165) is 9.75 Å². The highest BCUT2D eigenvalue weighted by Gasteiger charge is 2.29. The van der Waals surface area contributed by atoms with Crippen LogP contribution in [0.25, 0.3) is 0 Å². The standard InChI is InChI=1S/C17H20N2O3S/c1-12-4-5-16(23-12)17(21)19-9-6-14(20)15(7-10-19)22-13-3-2-8-18-11-13/h2-5,8,11,14-15,20H,6-7,9-10H2,1H3/t14-,15-/m0/s1. The predicted octanol–water partition coefficient (Wildman–Crippen LogP) is 2.50. The number of aliphatic hydroxyl groups is 1. The Bertz CT molecular complexity index is 659. The van der Waals surface area contributed by atoms with E-state index in [9.17, 15) is 9.90 Å². The lowest BCUT2D eigenvalue weighted by molar-refractivity contribution is 0.0348. The van der Waals surface area contributed by atoms with E-state index in [1.54, 1.807) is 23.4 Å². The minimum absolute atomic E-state index is 0.0392. The Labute approximate surface area is 139 Å². The van der Waals surface area contributed by atoms with Gasteiger partial charge in [-0.25, -0.2) is 0 Å². The van der Waals surface area contributed by atoms with E-state index in [2.05, 4.69) is 4.98 Å². The molecule has 6 heteroatoms. The van der Waals surface area contributed by atoms with Crippen LogP contribution in [0.15, 0.2) is 36.7 Å². The van der Waals surface area contributed by atoms with Crippen molar-refractivity contribution in [3.05, 3.63) is 46.4 Å². The summed E-state index contributed by atoms with van der Waals surface area (Å²) in [6, 6.07) is 7.45. The number of carbonyl (C=O) groups excluding carboxylic acids is 1. The van der Waals surface area contributed by atoms with Crippen LogP contribution >= 0.6 is 11.3 Å². The average Bonchev–Trinajstić information content (AvgIpc) is 2.92. The molecule has 2 aromatic rings. The fraction of sp³-hybridized carbons (Fsp3) is 0.412. The normalized spacial score (nSPS) is 21.7. The second-order valence-corrected chi connectivity index (χ2v) is 6.98. The van der Waals surface area contributed by atoms with E-state index in [1.165, 1.54) is 11.3 Å². The van der Waals surface area contributed by atoms with Gasteiger partial charge in [-0.15, -0.1) is 11.3 Å². The van der Waals surface area contributed by atoms with Gasteiger partial charge >= 0.3 is 0 Å². The van der Waals surface area contributed by atoms with Crippen molar-refractivity contribution in [3.63, 3.8) is 0 Å². The first-order valence-electron chi connectivity index (χ1n) is 7.74. The number of likely N-dealkylation sites (tertiary alicyclic amines) is 1. The molecule has 0 spiro atoms. The quantitative estimate of drug-likeness (QED) is 0.938. The third-order valence-corrected chi connectivity index (χ3v) is 4.96. The zero-order valence-electron chi connectivity index (χ0n) is 13.0. The Kier molecular flexibility index (Phi) is 4.93. The fourth-order valence-electron chi connectivity index (χ4n) is 2.70. The third-order valence-electron chi connectivity index (χ3n) is 3.97. The summed E-state index contributed by atoms with van der Waals surface area (Å²) in [5, 5.41) is 10.3. The average molecular weight is 332 g/mol. The number of rotatable bonds is 3. The van der Waals surface area contributed by atoms with Gasteiger partial charge in [-0.3, -0.25) is 9.78 Å². The maximum atomic E-state index is 12.5. The first kappa shape index (κ1) is 16.0. The Hall–Kier alpha value is -1.92. The molecule has 0 aromatic carbocycles. The Morgan fingerprint density at radius 3 is 2.87 bits per heavy atom. The summed E-state index contributed by atoms with van der Waals surface area (Å²) >= 11 is 1.51. The maximum absolute atomic E-state index is 12.5. The second-order valence-electron chi connectivity index (χ2n) is 5.69. The molecular formula is C17H20N2O3S. The molecular weight excluding hydrogens is 312 g/mol. The number of hydrogen-bond donors (Lipinski definition) is 1.